The van der Waals surface area contributed by atoms with Gasteiger partial charge in [0, 0.05) is 80.1 Å². The van der Waals surface area contributed by atoms with Crippen molar-refractivity contribution in [2.24, 2.45) is 7.05 Å². The number of hydrogen-bond acceptors (Lipinski definition) is 10. The lowest BCUT2D eigenvalue weighted by atomic mass is 10.0. The summed E-state index contributed by atoms with van der Waals surface area (Å²) in [6, 6.07) is 8.18. The first-order valence-electron chi connectivity index (χ1n) is 14.0. The van der Waals surface area contributed by atoms with E-state index in [4.69, 9.17) is 9.47 Å². The second-order valence-corrected chi connectivity index (χ2v) is 13.3. The van der Waals surface area contributed by atoms with Crippen LogP contribution in [0, 0.1) is 5.82 Å². The lowest BCUT2D eigenvalue weighted by Crippen LogP contribution is -2.40. The highest BCUT2D eigenvalue weighted by Gasteiger charge is 2.30. The molecule has 0 unspecified atom stereocenters. The summed E-state index contributed by atoms with van der Waals surface area (Å²) in [4.78, 5) is 11.5. The van der Waals surface area contributed by atoms with Crippen molar-refractivity contribution < 1.29 is 22.3 Å². The molecule has 2 aromatic carbocycles. The van der Waals surface area contributed by atoms with Crippen molar-refractivity contribution in [3.8, 4) is 16.9 Å². The average molecular weight is 688 g/mol. The van der Waals surface area contributed by atoms with Crippen molar-refractivity contribution in [2.75, 3.05) is 53.4 Å². The monoisotopic (exact) mass is 686 g/mol. The van der Waals surface area contributed by atoms with Crippen LogP contribution in [0.2, 0.25) is 0 Å². The van der Waals surface area contributed by atoms with Gasteiger partial charge < -0.3 is 25.0 Å². The minimum absolute atomic E-state index is 0.0429. The number of rotatable bonds is 8. The maximum atomic E-state index is 14.0. The smallest absolute Gasteiger partial charge is 0.229 e. The third-order valence-corrected chi connectivity index (χ3v) is 8.89. The number of fused-ring (bicyclic) bond motifs is 3. The van der Waals surface area contributed by atoms with Gasteiger partial charge in [0.2, 0.25) is 16.0 Å². The minimum Gasteiger partial charge on any atom is -0.494 e. The average Bonchev–Trinajstić information content (AvgIpc) is 3.27. The number of hydrogen-bond donors (Lipinski definition) is 3. The topological polar surface area (TPSA) is 136 Å². The molecule has 0 atom stereocenters. The lowest BCUT2D eigenvalue weighted by molar-refractivity contribution is 0.0845. The normalized spacial score (nSPS) is 15.2. The highest BCUT2D eigenvalue weighted by atomic mass is 79.9. The summed E-state index contributed by atoms with van der Waals surface area (Å²) in [5, 5.41) is 10.9. The molecule has 12 nitrogen and oxygen atoms in total. The Morgan fingerprint density at radius 2 is 1.86 bits per heavy atom. The number of sulfonamides is 1. The molecular weight excluding hydrogens is 655 g/mol. The van der Waals surface area contributed by atoms with E-state index in [0.29, 0.717) is 33.5 Å². The number of nitrogens with zero attached hydrogens (tertiary/aromatic N) is 5. The van der Waals surface area contributed by atoms with Crippen LogP contribution in [0.4, 0.5) is 38.9 Å². The number of aromatic nitrogens is 4. The van der Waals surface area contributed by atoms with Crippen molar-refractivity contribution in [3.63, 3.8) is 0 Å². The Labute approximate surface area is 263 Å². The fourth-order valence-electron chi connectivity index (χ4n) is 5.67. The Morgan fingerprint density at radius 3 is 2.61 bits per heavy atom. The van der Waals surface area contributed by atoms with Crippen LogP contribution < -0.4 is 25.0 Å². The summed E-state index contributed by atoms with van der Waals surface area (Å²) < 4.78 is 54.0. The maximum Gasteiger partial charge on any atom is 0.229 e. The lowest BCUT2D eigenvalue weighted by Gasteiger charge is -2.36. The summed E-state index contributed by atoms with van der Waals surface area (Å²) in [6.07, 6.45) is 7.22. The Kier molecular flexibility index (Phi) is 8.35. The van der Waals surface area contributed by atoms with Gasteiger partial charge in [0.05, 0.1) is 41.1 Å². The number of nitrogens with one attached hydrogen (secondary N) is 3. The molecule has 0 amide bonds. The van der Waals surface area contributed by atoms with Crippen LogP contribution in [0.15, 0.2) is 47.2 Å². The summed E-state index contributed by atoms with van der Waals surface area (Å²) >= 11 is 3.45. The van der Waals surface area contributed by atoms with Gasteiger partial charge in [-0.25, -0.2) is 17.8 Å². The van der Waals surface area contributed by atoms with Gasteiger partial charge in [-0.3, -0.25) is 9.40 Å². The number of aryl methyl sites for hydroxylation is 1. The molecule has 2 aromatic heterocycles. The first-order chi connectivity index (χ1) is 21.1. The Hall–Kier alpha value is -3.95. The molecule has 44 heavy (non-hydrogen) atoms. The van der Waals surface area contributed by atoms with Crippen molar-refractivity contribution in [2.45, 2.75) is 25.3 Å². The minimum atomic E-state index is -3.66. The van der Waals surface area contributed by atoms with Gasteiger partial charge in [0.1, 0.15) is 17.4 Å². The predicted octanol–water partition coefficient (Wildman–Crippen LogP) is 5.19. The van der Waals surface area contributed by atoms with Crippen LogP contribution in [0.25, 0.3) is 11.1 Å². The van der Waals surface area contributed by atoms with Crippen molar-refractivity contribution in [3.05, 3.63) is 58.7 Å². The van der Waals surface area contributed by atoms with Gasteiger partial charge in [-0.15, -0.1) is 0 Å². The summed E-state index contributed by atoms with van der Waals surface area (Å²) in [7, 11) is -0.0708. The van der Waals surface area contributed by atoms with E-state index in [2.05, 4.69) is 57.3 Å². The number of anilines is 6. The van der Waals surface area contributed by atoms with Crippen LogP contribution in [0.3, 0.4) is 0 Å². The molecule has 1 fully saturated rings. The van der Waals surface area contributed by atoms with Gasteiger partial charge in [0.25, 0.3) is 0 Å². The highest BCUT2D eigenvalue weighted by molar-refractivity contribution is 9.10. The third-order valence-electron chi connectivity index (χ3n) is 7.72. The van der Waals surface area contributed by atoms with E-state index in [1.807, 2.05) is 24.0 Å². The Bertz CT molecular complexity index is 1810. The molecule has 0 radical (unpaired) electrons. The molecule has 0 aliphatic carbocycles. The molecule has 2 aliphatic rings. The zero-order valence-corrected chi connectivity index (χ0v) is 26.8. The quantitative estimate of drug-likeness (QED) is 0.227. The van der Waals surface area contributed by atoms with E-state index in [1.165, 1.54) is 12.1 Å². The number of ether oxygens (including phenoxy) is 2. The van der Waals surface area contributed by atoms with Crippen LogP contribution in [0.5, 0.6) is 5.75 Å². The first kappa shape index (κ1) is 30.1. The number of methoxy groups -OCH3 is 1. The molecule has 0 spiro atoms. The van der Waals surface area contributed by atoms with Crippen molar-refractivity contribution in [1.82, 2.24) is 19.7 Å². The van der Waals surface area contributed by atoms with E-state index >= 15 is 0 Å². The van der Waals surface area contributed by atoms with Crippen LogP contribution >= 0.6 is 15.9 Å². The second kappa shape index (κ2) is 12.2. The summed E-state index contributed by atoms with van der Waals surface area (Å²) in [5.74, 6) is 0.621. The zero-order valence-electron chi connectivity index (χ0n) is 24.4. The fraction of sp³-hybridized carbons (Fsp3) is 0.345. The van der Waals surface area contributed by atoms with Gasteiger partial charge in [-0.2, -0.15) is 10.1 Å². The van der Waals surface area contributed by atoms with E-state index < -0.39 is 15.8 Å². The second-order valence-electron chi connectivity index (χ2n) is 10.7. The maximum absolute atomic E-state index is 14.0. The number of halogens is 2. The summed E-state index contributed by atoms with van der Waals surface area (Å²) in [6.45, 7) is 2.33. The standard InChI is InChI=1S/C29H32BrFN8O4S/c1-38-25-6-9-39(18-7-10-43-11-8-18)26-14-27(42-2)24(13-19(26)20(25)15-33-38)35-29-32-16-21(30)28(36-29)34-22-5-4-17(31)12-23(22)37-44(3,40)41/h4-5,12-16,18,37H,6-11H2,1-3H3,(H2,32,34,35,36). The molecule has 232 valence electrons. The highest BCUT2D eigenvalue weighted by Crippen LogP contribution is 2.44. The molecule has 6 rings (SSSR count). The van der Waals surface area contributed by atoms with E-state index in [9.17, 15) is 12.8 Å². The van der Waals surface area contributed by atoms with E-state index in [0.717, 1.165) is 73.9 Å². The van der Waals surface area contributed by atoms with E-state index in [-0.39, 0.29) is 11.6 Å². The van der Waals surface area contributed by atoms with Crippen molar-refractivity contribution >= 4 is 60.5 Å². The van der Waals surface area contributed by atoms with Gasteiger partial charge in [-0.1, -0.05) is 0 Å². The predicted molar refractivity (Wildman–Crippen MR) is 171 cm³/mol. The van der Waals surface area contributed by atoms with Crippen molar-refractivity contribution in [1.29, 1.82) is 0 Å². The molecule has 2 aliphatic heterocycles. The number of benzene rings is 2. The Morgan fingerprint density at radius 1 is 1.07 bits per heavy atom. The zero-order chi connectivity index (χ0) is 31.0. The fourth-order valence-corrected chi connectivity index (χ4v) is 6.53. The van der Waals surface area contributed by atoms with Crippen LogP contribution in [-0.4, -0.2) is 67.3 Å². The molecule has 15 heteroatoms. The molecule has 4 aromatic rings. The molecular formula is C29H32BrFN8O4S. The first-order valence-corrected chi connectivity index (χ1v) is 16.7. The Balaban J connectivity index is 1.37. The van der Waals surface area contributed by atoms with Crippen LogP contribution in [0.1, 0.15) is 18.5 Å². The molecule has 4 heterocycles. The molecule has 0 bridgehead atoms. The molecule has 0 saturated carbocycles. The van der Waals surface area contributed by atoms with Gasteiger partial charge in [-0.05, 0) is 47.0 Å². The van der Waals surface area contributed by atoms with Gasteiger partial charge >= 0.3 is 0 Å². The van der Waals surface area contributed by atoms with Crippen LogP contribution in [-0.2, 0) is 28.2 Å². The van der Waals surface area contributed by atoms with E-state index in [1.54, 1.807) is 13.3 Å². The molecule has 3 N–H and O–H groups in total. The SMILES string of the molecule is COc1cc2c(cc1Nc1ncc(Br)c(Nc3ccc(F)cc3NS(C)(=O)=O)n1)-c1cnn(C)c1CCN2C1CCOCC1. The largest absolute Gasteiger partial charge is 0.494 e. The third kappa shape index (κ3) is 6.30. The van der Waals surface area contributed by atoms with Gasteiger partial charge in [0.15, 0.2) is 0 Å². The molecule has 1 saturated heterocycles. The summed E-state index contributed by atoms with van der Waals surface area (Å²) in [5.41, 5.74) is 5.32.